The minimum atomic E-state index is -3.69. The molecule has 2 aromatic heterocycles. The van der Waals surface area contributed by atoms with E-state index >= 15 is 0 Å². The monoisotopic (exact) mass is 446 g/mol. The molecule has 6 nitrogen and oxygen atoms in total. The number of rotatable bonds is 5. The third-order valence-corrected chi connectivity index (χ3v) is 7.10. The van der Waals surface area contributed by atoms with Crippen LogP contribution >= 0.6 is 11.3 Å². The van der Waals surface area contributed by atoms with Crippen molar-refractivity contribution >= 4 is 59.7 Å². The van der Waals surface area contributed by atoms with Gasteiger partial charge in [0, 0.05) is 28.0 Å². The third kappa shape index (κ3) is 3.83. The molecule has 0 fully saturated rings. The molecule has 154 valence electrons. The molecule has 0 aliphatic carbocycles. The maximum Gasteiger partial charge on any atom is 0.263 e. The molecule has 5 aromatic rings. The molecule has 0 radical (unpaired) electrons. The molecule has 0 bridgehead atoms. The fraction of sp³-hybridized carbons (Fsp3) is 0.0435. The molecule has 8 heteroatoms. The molecule has 3 aromatic carbocycles. The SMILES string of the molecule is Cc1ccc2nc3ccccc3c(Nc3ccc(S(=O)(=O)Nc4nccs4)cc3)c2c1. The second-order valence-electron chi connectivity index (χ2n) is 7.12. The summed E-state index contributed by atoms with van der Waals surface area (Å²) in [7, 11) is -3.69. The number of para-hydroxylation sites is 1. The van der Waals surface area contributed by atoms with Crippen LogP contribution in [0.5, 0.6) is 0 Å². The van der Waals surface area contributed by atoms with E-state index in [4.69, 9.17) is 4.98 Å². The first-order chi connectivity index (χ1) is 15.0. The van der Waals surface area contributed by atoms with E-state index in [1.54, 1.807) is 35.8 Å². The number of pyridine rings is 1. The third-order valence-electron chi connectivity index (χ3n) is 4.92. The Labute approximate surface area is 183 Å². The molecule has 0 atom stereocenters. The lowest BCUT2D eigenvalue weighted by Crippen LogP contribution is -2.12. The van der Waals surface area contributed by atoms with E-state index in [0.29, 0.717) is 5.13 Å². The number of anilines is 3. The zero-order valence-electron chi connectivity index (χ0n) is 16.5. The van der Waals surface area contributed by atoms with E-state index in [-0.39, 0.29) is 4.90 Å². The van der Waals surface area contributed by atoms with Crippen molar-refractivity contribution in [1.29, 1.82) is 0 Å². The predicted molar refractivity (Wildman–Crippen MR) is 127 cm³/mol. The van der Waals surface area contributed by atoms with Gasteiger partial charge in [-0.3, -0.25) is 4.72 Å². The van der Waals surface area contributed by atoms with E-state index in [0.717, 1.165) is 38.7 Å². The number of nitrogens with one attached hydrogen (secondary N) is 2. The Hall–Kier alpha value is -3.49. The van der Waals surface area contributed by atoms with Crippen LogP contribution in [-0.2, 0) is 10.0 Å². The van der Waals surface area contributed by atoms with Gasteiger partial charge < -0.3 is 5.32 Å². The number of sulfonamides is 1. The van der Waals surface area contributed by atoms with E-state index in [1.807, 2.05) is 43.3 Å². The summed E-state index contributed by atoms with van der Waals surface area (Å²) in [6.07, 6.45) is 1.56. The topological polar surface area (TPSA) is 84.0 Å². The highest BCUT2D eigenvalue weighted by atomic mass is 32.2. The van der Waals surface area contributed by atoms with Crippen LogP contribution in [0.25, 0.3) is 21.8 Å². The zero-order valence-corrected chi connectivity index (χ0v) is 18.2. The van der Waals surface area contributed by atoms with Crippen LogP contribution in [0.4, 0.5) is 16.5 Å². The summed E-state index contributed by atoms with van der Waals surface area (Å²) in [5, 5.41) is 7.55. The molecular weight excluding hydrogens is 428 g/mol. The van der Waals surface area contributed by atoms with Crippen LogP contribution in [0.3, 0.4) is 0 Å². The van der Waals surface area contributed by atoms with Gasteiger partial charge in [-0.2, -0.15) is 0 Å². The fourth-order valence-electron chi connectivity index (χ4n) is 3.45. The largest absolute Gasteiger partial charge is 0.354 e. The van der Waals surface area contributed by atoms with E-state index < -0.39 is 10.0 Å². The Balaban J connectivity index is 1.53. The van der Waals surface area contributed by atoms with Crippen molar-refractivity contribution in [2.45, 2.75) is 11.8 Å². The van der Waals surface area contributed by atoms with Gasteiger partial charge in [0.2, 0.25) is 0 Å². The minimum Gasteiger partial charge on any atom is -0.354 e. The summed E-state index contributed by atoms with van der Waals surface area (Å²) in [6, 6.07) is 20.8. The van der Waals surface area contributed by atoms with Crippen molar-refractivity contribution in [2.75, 3.05) is 10.0 Å². The number of hydrogen-bond acceptors (Lipinski definition) is 6. The highest BCUT2D eigenvalue weighted by molar-refractivity contribution is 7.93. The van der Waals surface area contributed by atoms with Gasteiger partial charge in [-0.15, -0.1) is 11.3 Å². The van der Waals surface area contributed by atoms with Crippen LogP contribution in [0.2, 0.25) is 0 Å². The Morgan fingerprint density at radius 2 is 1.68 bits per heavy atom. The van der Waals surface area contributed by atoms with Crippen molar-refractivity contribution in [1.82, 2.24) is 9.97 Å². The summed E-state index contributed by atoms with van der Waals surface area (Å²) >= 11 is 1.23. The van der Waals surface area contributed by atoms with Crippen molar-refractivity contribution in [2.24, 2.45) is 0 Å². The average molecular weight is 447 g/mol. The van der Waals surface area contributed by atoms with Crippen molar-refractivity contribution < 1.29 is 8.42 Å². The Bertz CT molecular complexity index is 1500. The van der Waals surface area contributed by atoms with Gasteiger partial charge in [0.15, 0.2) is 5.13 Å². The first-order valence-corrected chi connectivity index (χ1v) is 11.9. The van der Waals surface area contributed by atoms with Gasteiger partial charge in [-0.25, -0.2) is 18.4 Å². The maximum atomic E-state index is 12.6. The summed E-state index contributed by atoms with van der Waals surface area (Å²) in [5.74, 6) is 0. The molecule has 0 spiro atoms. The molecule has 2 N–H and O–H groups in total. The lowest BCUT2D eigenvalue weighted by Gasteiger charge is -2.14. The number of hydrogen-bond donors (Lipinski definition) is 2. The van der Waals surface area contributed by atoms with Gasteiger partial charge in [0.1, 0.15) is 0 Å². The molecule has 31 heavy (non-hydrogen) atoms. The average Bonchev–Trinajstić information content (AvgIpc) is 3.27. The number of nitrogens with zero attached hydrogens (tertiary/aromatic N) is 2. The van der Waals surface area contributed by atoms with Crippen LogP contribution in [0, 0.1) is 6.92 Å². The number of fused-ring (bicyclic) bond motifs is 2. The van der Waals surface area contributed by atoms with Crippen LogP contribution in [0.1, 0.15) is 5.56 Å². The minimum absolute atomic E-state index is 0.175. The normalized spacial score (nSPS) is 11.6. The highest BCUT2D eigenvalue weighted by Crippen LogP contribution is 2.34. The lowest BCUT2D eigenvalue weighted by atomic mass is 10.1. The first-order valence-electron chi connectivity index (χ1n) is 9.58. The second-order valence-corrected chi connectivity index (χ2v) is 9.69. The molecule has 0 saturated carbocycles. The molecular formula is C23H18N4O2S2. The van der Waals surface area contributed by atoms with Crippen molar-refractivity contribution in [3.63, 3.8) is 0 Å². The zero-order chi connectivity index (χ0) is 21.4. The Kier molecular flexibility index (Phi) is 4.80. The molecule has 0 aliphatic rings. The molecule has 0 aliphatic heterocycles. The predicted octanol–water partition coefficient (Wildman–Crippen LogP) is 5.70. The van der Waals surface area contributed by atoms with Crippen molar-refractivity contribution in [3.8, 4) is 0 Å². The van der Waals surface area contributed by atoms with Crippen LogP contribution in [-0.4, -0.2) is 18.4 Å². The van der Waals surface area contributed by atoms with E-state index in [1.165, 1.54) is 11.3 Å². The standard InChI is InChI=1S/C23H18N4O2S2/c1-15-6-11-21-19(14-15)22(18-4-2-3-5-20(18)26-21)25-16-7-9-17(10-8-16)31(28,29)27-23-24-12-13-30-23/h2-14H,1H3,(H,24,27)(H,25,26). The van der Waals surface area contributed by atoms with Gasteiger partial charge in [-0.1, -0.05) is 29.8 Å². The smallest absolute Gasteiger partial charge is 0.263 e. The molecule has 2 heterocycles. The van der Waals surface area contributed by atoms with Gasteiger partial charge in [0.05, 0.1) is 21.6 Å². The fourth-order valence-corrected chi connectivity index (χ4v) is 5.24. The number of benzene rings is 3. The van der Waals surface area contributed by atoms with Gasteiger partial charge >= 0.3 is 0 Å². The summed E-state index contributed by atoms with van der Waals surface area (Å²) in [4.78, 5) is 8.92. The van der Waals surface area contributed by atoms with E-state index in [2.05, 4.69) is 21.1 Å². The van der Waals surface area contributed by atoms with E-state index in [9.17, 15) is 8.42 Å². The highest BCUT2D eigenvalue weighted by Gasteiger charge is 2.16. The lowest BCUT2D eigenvalue weighted by molar-refractivity contribution is 0.601. The van der Waals surface area contributed by atoms with Crippen LogP contribution in [0.15, 0.2) is 83.2 Å². The Morgan fingerprint density at radius 1 is 0.903 bits per heavy atom. The summed E-state index contributed by atoms with van der Waals surface area (Å²) in [6.45, 7) is 2.05. The first kappa shape index (κ1) is 19.5. The summed E-state index contributed by atoms with van der Waals surface area (Å²) < 4.78 is 27.7. The molecule has 5 rings (SSSR count). The molecule has 0 saturated heterocycles. The summed E-state index contributed by atoms with van der Waals surface area (Å²) in [5.41, 5.74) is 4.67. The number of aryl methyl sites for hydroxylation is 1. The van der Waals surface area contributed by atoms with Gasteiger partial charge in [0.25, 0.3) is 10.0 Å². The Morgan fingerprint density at radius 3 is 2.45 bits per heavy atom. The maximum absolute atomic E-state index is 12.6. The van der Waals surface area contributed by atoms with Crippen molar-refractivity contribution in [3.05, 3.63) is 83.9 Å². The number of thiazole rings is 1. The quantitative estimate of drug-likeness (QED) is 0.339. The molecule has 0 unspecified atom stereocenters. The molecule has 0 amide bonds. The number of aromatic nitrogens is 2. The van der Waals surface area contributed by atoms with Gasteiger partial charge in [-0.05, 0) is 49.4 Å². The second kappa shape index (κ2) is 7.64. The van der Waals surface area contributed by atoms with Crippen LogP contribution < -0.4 is 10.0 Å².